The molecule has 1 rings (SSSR count). The molecule has 0 spiro atoms. The molecular weight excluding hydrogens is 206 g/mol. The van der Waals surface area contributed by atoms with Gasteiger partial charge < -0.3 is 15.2 Å². The molecule has 1 atom stereocenters. The van der Waals surface area contributed by atoms with Gasteiger partial charge in [-0.2, -0.15) is 0 Å². The van der Waals surface area contributed by atoms with E-state index in [4.69, 9.17) is 15.2 Å². The molecule has 0 aliphatic carbocycles. The normalized spacial score (nSPS) is 11.9. The van der Waals surface area contributed by atoms with Gasteiger partial charge in [0.25, 0.3) is 0 Å². The molecule has 0 amide bonds. The first-order valence-electron chi connectivity index (χ1n) is 5.22. The van der Waals surface area contributed by atoms with Crippen LogP contribution in [0.4, 0.5) is 0 Å². The molecule has 0 radical (unpaired) electrons. The predicted octanol–water partition coefficient (Wildman–Crippen LogP) is 1.13. The molecule has 4 heteroatoms. The van der Waals surface area contributed by atoms with Crippen LogP contribution in [0.2, 0.25) is 0 Å². The highest BCUT2D eigenvalue weighted by Crippen LogP contribution is 2.12. The summed E-state index contributed by atoms with van der Waals surface area (Å²) in [6, 6.07) is 6.85. The van der Waals surface area contributed by atoms with Gasteiger partial charge in [0.05, 0.1) is 13.7 Å². The van der Waals surface area contributed by atoms with E-state index in [9.17, 15) is 4.79 Å². The lowest BCUT2D eigenvalue weighted by atomic mass is 10.1. The van der Waals surface area contributed by atoms with Gasteiger partial charge in [0, 0.05) is 0 Å². The molecule has 0 aliphatic heterocycles. The minimum atomic E-state index is -0.603. The van der Waals surface area contributed by atoms with Gasteiger partial charge in [-0.25, -0.2) is 0 Å². The van der Waals surface area contributed by atoms with Crippen LogP contribution in [-0.2, 0) is 16.0 Å². The summed E-state index contributed by atoms with van der Waals surface area (Å²) in [6.45, 7) is 2.12. The van der Waals surface area contributed by atoms with E-state index in [0.29, 0.717) is 13.0 Å². The third kappa shape index (κ3) is 3.55. The van der Waals surface area contributed by atoms with Crippen molar-refractivity contribution < 1.29 is 14.3 Å². The average molecular weight is 223 g/mol. The number of carbonyl (C=O) groups excluding carboxylic acids is 1. The number of hydrogen-bond acceptors (Lipinski definition) is 4. The van der Waals surface area contributed by atoms with Crippen LogP contribution in [0.3, 0.4) is 0 Å². The number of ether oxygens (including phenoxy) is 2. The second-order valence-electron chi connectivity index (χ2n) is 3.41. The Balaban J connectivity index is 2.55. The molecule has 2 N–H and O–H groups in total. The molecule has 0 saturated heterocycles. The van der Waals surface area contributed by atoms with E-state index in [1.54, 1.807) is 14.0 Å². The van der Waals surface area contributed by atoms with Crippen LogP contribution in [0.5, 0.6) is 5.75 Å². The summed E-state index contributed by atoms with van der Waals surface area (Å²) in [4.78, 5) is 11.3. The monoisotopic (exact) mass is 223 g/mol. The fraction of sp³-hybridized carbons (Fsp3) is 0.417. The van der Waals surface area contributed by atoms with Crippen LogP contribution in [0.15, 0.2) is 24.3 Å². The third-order valence-corrected chi connectivity index (χ3v) is 2.20. The van der Waals surface area contributed by atoms with Crippen LogP contribution in [-0.4, -0.2) is 25.7 Å². The molecule has 16 heavy (non-hydrogen) atoms. The zero-order chi connectivity index (χ0) is 12.0. The van der Waals surface area contributed by atoms with Crippen molar-refractivity contribution in [3.8, 4) is 5.75 Å². The Morgan fingerprint density at radius 1 is 1.38 bits per heavy atom. The third-order valence-electron chi connectivity index (χ3n) is 2.20. The van der Waals surface area contributed by atoms with Gasteiger partial charge in [0.1, 0.15) is 11.8 Å². The standard InChI is InChI=1S/C12H17NO3/c1-3-16-12(14)11(13)8-9-4-6-10(15-2)7-5-9/h4-7,11H,3,8,13H2,1-2H3/t11-/m1/s1. The Morgan fingerprint density at radius 2 is 2.00 bits per heavy atom. The van der Waals surface area contributed by atoms with Crippen LogP contribution in [0.1, 0.15) is 12.5 Å². The highest BCUT2D eigenvalue weighted by Gasteiger charge is 2.14. The zero-order valence-corrected chi connectivity index (χ0v) is 9.60. The topological polar surface area (TPSA) is 61.5 Å². The summed E-state index contributed by atoms with van der Waals surface area (Å²) in [5.74, 6) is 0.423. The van der Waals surface area contributed by atoms with E-state index >= 15 is 0 Å². The Hall–Kier alpha value is -1.55. The number of benzene rings is 1. The van der Waals surface area contributed by atoms with Gasteiger partial charge in [0.15, 0.2) is 0 Å². The van der Waals surface area contributed by atoms with Crippen molar-refractivity contribution in [1.29, 1.82) is 0 Å². The van der Waals surface area contributed by atoms with Gasteiger partial charge in [-0.05, 0) is 31.0 Å². The van der Waals surface area contributed by atoms with Crippen molar-refractivity contribution in [1.82, 2.24) is 0 Å². The van der Waals surface area contributed by atoms with Gasteiger partial charge >= 0.3 is 5.97 Å². The van der Waals surface area contributed by atoms with Gasteiger partial charge in [-0.3, -0.25) is 4.79 Å². The lowest BCUT2D eigenvalue weighted by Crippen LogP contribution is -2.34. The lowest BCUT2D eigenvalue weighted by Gasteiger charge is -2.10. The summed E-state index contributed by atoms with van der Waals surface area (Å²) in [5, 5.41) is 0. The average Bonchev–Trinajstić information content (AvgIpc) is 2.30. The lowest BCUT2D eigenvalue weighted by molar-refractivity contribution is -0.144. The van der Waals surface area contributed by atoms with Crippen LogP contribution < -0.4 is 10.5 Å². The minimum Gasteiger partial charge on any atom is -0.497 e. The quantitative estimate of drug-likeness (QED) is 0.760. The first-order chi connectivity index (χ1) is 7.67. The second kappa shape index (κ2) is 6.12. The molecule has 0 saturated carbocycles. The predicted molar refractivity (Wildman–Crippen MR) is 61.3 cm³/mol. The maximum atomic E-state index is 11.3. The van der Waals surface area contributed by atoms with E-state index in [1.807, 2.05) is 24.3 Å². The number of carbonyl (C=O) groups is 1. The fourth-order valence-corrected chi connectivity index (χ4v) is 1.35. The molecular formula is C12H17NO3. The van der Waals surface area contributed by atoms with E-state index in [-0.39, 0.29) is 5.97 Å². The minimum absolute atomic E-state index is 0.356. The van der Waals surface area contributed by atoms with Crippen molar-refractivity contribution in [3.63, 3.8) is 0 Å². The van der Waals surface area contributed by atoms with Gasteiger partial charge in [-0.1, -0.05) is 12.1 Å². The molecule has 4 nitrogen and oxygen atoms in total. The number of methoxy groups -OCH3 is 1. The molecule has 0 aliphatic rings. The first-order valence-corrected chi connectivity index (χ1v) is 5.22. The largest absolute Gasteiger partial charge is 0.497 e. The maximum Gasteiger partial charge on any atom is 0.323 e. The van der Waals surface area contributed by atoms with E-state index in [2.05, 4.69) is 0 Å². The van der Waals surface area contributed by atoms with Gasteiger partial charge in [-0.15, -0.1) is 0 Å². The number of hydrogen-bond donors (Lipinski definition) is 1. The summed E-state index contributed by atoms with van der Waals surface area (Å²) < 4.78 is 9.87. The van der Waals surface area contributed by atoms with Crippen molar-refractivity contribution in [2.45, 2.75) is 19.4 Å². The Bertz CT molecular complexity index is 335. The number of nitrogens with two attached hydrogens (primary N) is 1. The van der Waals surface area contributed by atoms with Crippen LogP contribution >= 0.6 is 0 Å². The second-order valence-corrected chi connectivity index (χ2v) is 3.41. The molecule has 0 heterocycles. The summed E-state index contributed by atoms with van der Waals surface area (Å²) >= 11 is 0. The van der Waals surface area contributed by atoms with Crippen molar-refractivity contribution in [2.24, 2.45) is 5.73 Å². The molecule has 0 aromatic heterocycles. The number of esters is 1. The first kappa shape index (κ1) is 12.5. The molecule has 0 unspecified atom stereocenters. The fourth-order valence-electron chi connectivity index (χ4n) is 1.35. The van der Waals surface area contributed by atoms with Gasteiger partial charge in [0.2, 0.25) is 0 Å². The van der Waals surface area contributed by atoms with Crippen molar-refractivity contribution in [2.75, 3.05) is 13.7 Å². The van der Waals surface area contributed by atoms with Crippen molar-refractivity contribution in [3.05, 3.63) is 29.8 Å². The smallest absolute Gasteiger partial charge is 0.323 e. The Labute approximate surface area is 95.3 Å². The molecule has 0 fully saturated rings. The molecule has 0 bridgehead atoms. The highest BCUT2D eigenvalue weighted by molar-refractivity contribution is 5.75. The SMILES string of the molecule is CCOC(=O)[C@H](N)Cc1ccc(OC)cc1. The zero-order valence-electron chi connectivity index (χ0n) is 9.60. The van der Waals surface area contributed by atoms with E-state index in [1.165, 1.54) is 0 Å². The van der Waals surface area contributed by atoms with Crippen LogP contribution in [0, 0.1) is 0 Å². The number of rotatable bonds is 5. The molecule has 1 aromatic carbocycles. The molecule has 88 valence electrons. The Kier molecular flexibility index (Phi) is 4.79. The van der Waals surface area contributed by atoms with E-state index < -0.39 is 6.04 Å². The highest BCUT2D eigenvalue weighted by atomic mass is 16.5. The summed E-state index contributed by atoms with van der Waals surface area (Å²) in [6.07, 6.45) is 0.475. The van der Waals surface area contributed by atoms with E-state index in [0.717, 1.165) is 11.3 Å². The Morgan fingerprint density at radius 3 is 2.50 bits per heavy atom. The molecule has 1 aromatic rings. The van der Waals surface area contributed by atoms with Crippen molar-refractivity contribution >= 4 is 5.97 Å². The maximum absolute atomic E-state index is 11.3. The summed E-state index contributed by atoms with van der Waals surface area (Å²) in [7, 11) is 1.61. The summed E-state index contributed by atoms with van der Waals surface area (Å²) in [5.41, 5.74) is 6.69. The van der Waals surface area contributed by atoms with Crippen LogP contribution in [0.25, 0.3) is 0 Å².